The fourth-order valence-corrected chi connectivity index (χ4v) is 4.22. The lowest BCUT2D eigenvalue weighted by molar-refractivity contribution is -0.143. The Bertz CT molecular complexity index is 1150. The van der Waals surface area contributed by atoms with Gasteiger partial charge >= 0.3 is 6.18 Å². The Morgan fingerprint density at radius 3 is 2.24 bits per heavy atom. The normalized spacial score (nSPS) is 12.0. The van der Waals surface area contributed by atoms with E-state index in [-0.39, 0.29) is 28.8 Å². The quantitative estimate of drug-likeness (QED) is 0.438. The molecule has 0 bridgehead atoms. The van der Waals surface area contributed by atoms with Crippen molar-refractivity contribution in [3.8, 4) is 17.0 Å². The van der Waals surface area contributed by atoms with Crippen molar-refractivity contribution in [2.45, 2.75) is 40.4 Å². The minimum absolute atomic E-state index is 0.00704. The third-order valence-electron chi connectivity index (χ3n) is 5.45. The number of rotatable bonds is 6. The second-order valence-corrected chi connectivity index (χ2v) is 9.58. The molecule has 0 spiro atoms. The van der Waals surface area contributed by atoms with E-state index < -0.39 is 17.8 Å². The van der Waals surface area contributed by atoms with E-state index in [9.17, 15) is 18.0 Å². The number of alkyl halides is 3. The first-order valence-electron chi connectivity index (χ1n) is 10.9. The van der Waals surface area contributed by atoms with Crippen molar-refractivity contribution in [3.05, 3.63) is 71.2 Å². The van der Waals surface area contributed by atoms with Crippen molar-refractivity contribution in [2.24, 2.45) is 5.41 Å². The van der Waals surface area contributed by atoms with Crippen LogP contribution in [0.25, 0.3) is 11.1 Å². The van der Waals surface area contributed by atoms with Gasteiger partial charge in [0.05, 0.1) is 7.11 Å². The van der Waals surface area contributed by atoms with Crippen molar-refractivity contribution in [2.75, 3.05) is 20.7 Å². The predicted octanol–water partition coefficient (Wildman–Crippen LogP) is 6.05. The molecule has 0 aliphatic carbocycles. The molecule has 3 aromatic rings. The summed E-state index contributed by atoms with van der Waals surface area (Å²) >= 11 is 0. The molecule has 8 heteroatoms. The molecular weight excluding hydrogens is 443 g/mol. The molecule has 0 saturated heterocycles. The molecule has 2 aromatic heterocycles. The van der Waals surface area contributed by atoms with Crippen LogP contribution in [0.4, 0.5) is 13.2 Å². The molecule has 1 aromatic carbocycles. The lowest BCUT2D eigenvalue weighted by Crippen LogP contribution is -2.36. The first kappa shape index (κ1) is 25.3. The molecule has 5 nitrogen and oxygen atoms in total. The van der Waals surface area contributed by atoms with E-state index in [2.05, 4.69) is 4.98 Å². The monoisotopic (exact) mass is 473 g/mol. The summed E-state index contributed by atoms with van der Waals surface area (Å²) < 4.78 is 49.4. The van der Waals surface area contributed by atoms with Gasteiger partial charge in [-0.1, -0.05) is 51.1 Å². The van der Waals surface area contributed by atoms with Crippen molar-refractivity contribution in [1.29, 1.82) is 0 Å². The summed E-state index contributed by atoms with van der Waals surface area (Å²) in [4.78, 5) is 19.4. The first-order chi connectivity index (χ1) is 15.8. The van der Waals surface area contributed by atoms with Gasteiger partial charge in [0.15, 0.2) is 0 Å². The number of nitrogens with zero attached hydrogens (tertiary/aromatic N) is 3. The molecule has 1 amide bonds. The number of benzene rings is 1. The largest absolute Gasteiger partial charge is 0.481 e. The van der Waals surface area contributed by atoms with E-state index >= 15 is 0 Å². The molecule has 0 unspecified atom stereocenters. The van der Waals surface area contributed by atoms with Crippen LogP contribution in [0.3, 0.4) is 0 Å². The van der Waals surface area contributed by atoms with Crippen LogP contribution in [0.1, 0.15) is 48.1 Å². The maximum Gasteiger partial charge on any atom is 0.431 e. The third kappa shape index (κ3) is 5.43. The topological polar surface area (TPSA) is 47.4 Å². The maximum absolute atomic E-state index is 14.4. The van der Waals surface area contributed by atoms with E-state index in [0.717, 1.165) is 4.57 Å². The van der Waals surface area contributed by atoms with Crippen LogP contribution in [-0.2, 0) is 12.7 Å². The average Bonchev–Trinajstić information content (AvgIpc) is 3.04. The Kier molecular flexibility index (Phi) is 7.10. The van der Waals surface area contributed by atoms with Gasteiger partial charge in [0, 0.05) is 43.5 Å². The molecule has 0 atom stereocenters. The van der Waals surface area contributed by atoms with Crippen molar-refractivity contribution >= 4 is 5.91 Å². The van der Waals surface area contributed by atoms with Gasteiger partial charge in [-0.15, -0.1) is 0 Å². The zero-order valence-corrected chi connectivity index (χ0v) is 20.3. The van der Waals surface area contributed by atoms with E-state index in [0.29, 0.717) is 23.6 Å². The summed E-state index contributed by atoms with van der Waals surface area (Å²) in [5.74, 6) is -0.144. The molecule has 2 heterocycles. The smallest absolute Gasteiger partial charge is 0.431 e. The highest BCUT2D eigenvalue weighted by Gasteiger charge is 2.41. The molecule has 0 saturated carbocycles. The SMILES string of the molecule is COc1ccc(-c2c(C)c(C(F)(F)F)n(Cc3ccccc3)c2C(=O)N(C)CC(C)(C)C)cn1. The van der Waals surface area contributed by atoms with Crippen LogP contribution in [0.15, 0.2) is 48.7 Å². The van der Waals surface area contributed by atoms with Crippen LogP contribution in [-0.4, -0.2) is 41.1 Å². The van der Waals surface area contributed by atoms with Gasteiger partial charge < -0.3 is 14.2 Å². The van der Waals surface area contributed by atoms with Gasteiger partial charge in [-0.25, -0.2) is 4.98 Å². The molecule has 0 N–H and O–H groups in total. The highest BCUT2D eigenvalue weighted by atomic mass is 19.4. The number of halogens is 3. The van der Waals surface area contributed by atoms with Crippen LogP contribution >= 0.6 is 0 Å². The summed E-state index contributed by atoms with van der Waals surface area (Å²) in [6.07, 6.45) is -3.22. The molecule has 34 heavy (non-hydrogen) atoms. The van der Waals surface area contributed by atoms with Gasteiger partial charge in [0.1, 0.15) is 11.4 Å². The third-order valence-corrected chi connectivity index (χ3v) is 5.45. The first-order valence-corrected chi connectivity index (χ1v) is 10.9. The molecule has 3 rings (SSSR count). The number of amides is 1. The number of hydrogen-bond donors (Lipinski definition) is 0. The summed E-state index contributed by atoms with van der Waals surface area (Å²) in [6.45, 7) is 7.61. The van der Waals surface area contributed by atoms with Crippen molar-refractivity contribution in [1.82, 2.24) is 14.5 Å². The average molecular weight is 474 g/mol. The van der Waals surface area contributed by atoms with Gasteiger partial charge in [-0.05, 0) is 29.5 Å². The Morgan fingerprint density at radius 2 is 1.74 bits per heavy atom. The second kappa shape index (κ2) is 9.52. The lowest BCUT2D eigenvalue weighted by atomic mass is 9.95. The van der Waals surface area contributed by atoms with Gasteiger partial charge in [-0.2, -0.15) is 13.2 Å². The Labute approximate surface area is 198 Å². The Hall–Kier alpha value is -3.29. The van der Waals surface area contributed by atoms with E-state index in [1.54, 1.807) is 49.5 Å². The molecule has 0 aliphatic rings. The fourth-order valence-electron chi connectivity index (χ4n) is 4.22. The Morgan fingerprint density at radius 1 is 1.09 bits per heavy atom. The van der Waals surface area contributed by atoms with Gasteiger partial charge in [0.25, 0.3) is 5.91 Å². The fraction of sp³-hybridized carbons (Fsp3) is 0.385. The van der Waals surface area contributed by atoms with Crippen molar-refractivity contribution in [3.63, 3.8) is 0 Å². The van der Waals surface area contributed by atoms with Crippen LogP contribution in [0.5, 0.6) is 5.88 Å². The zero-order chi connectivity index (χ0) is 25.3. The molecule has 182 valence electrons. The van der Waals surface area contributed by atoms with E-state index in [4.69, 9.17) is 4.74 Å². The highest BCUT2D eigenvalue weighted by molar-refractivity contribution is 6.01. The summed E-state index contributed by atoms with van der Waals surface area (Å²) in [7, 11) is 3.08. The molecule has 0 fully saturated rings. The predicted molar refractivity (Wildman–Crippen MR) is 126 cm³/mol. The number of hydrogen-bond acceptors (Lipinski definition) is 3. The number of carbonyl (C=O) groups is 1. The Balaban J connectivity index is 2.31. The maximum atomic E-state index is 14.4. The lowest BCUT2D eigenvalue weighted by Gasteiger charge is -2.27. The number of methoxy groups -OCH3 is 1. The van der Waals surface area contributed by atoms with E-state index in [1.807, 2.05) is 20.8 Å². The van der Waals surface area contributed by atoms with Gasteiger partial charge in [0.2, 0.25) is 5.88 Å². The number of pyridine rings is 1. The van der Waals surface area contributed by atoms with Crippen LogP contribution < -0.4 is 4.74 Å². The second-order valence-electron chi connectivity index (χ2n) is 9.58. The minimum atomic E-state index is -4.66. The minimum Gasteiger partial charge on any atom is -0.481 e. The summed E-state index contributed by atoms with van der Waals surface area (Å²) in [5.41, 5.74) is 0.220. The highest BCUT2D eigenvalue weighted by Crippen LogP contribution is 2.42. The summed E-state index contributed by atoms with van der Waals surface area (Å²) in [5, 5.41) is 0. The summed E-state index contributed by atoms with van der Waals surface area (Å²) in [6, 6.07) is 12.0. The number of aromatic nitrogens is 2. The number of carbonyl (C=O) groups excluding carboxylic acids is 1. The van der Waals surface area contributed by atoms with Crippen LogP contribution in [0.2, 0.25) is 0 Å². The van der Waals surface area contributed by atoms with E-state index in [1.165, 1.54) is 25.1 Å². The van der Waals surface area contributed by atoms with Crippen LogP contribution in [0, 0.1) is 12.3 Å². The number of ether oxygens (including phenoxy) is 1. The molecule has 0 radical (unpaired) electrons. The standard InChI is InChI=1S/C26H30F3N3O2/c1-17-21(19-12-13-20(34-6)30-14-19)22(24(33)31(5)16-25(2,3)4)32(23(17)26(27,28)29)15-18-10-8-7-9-11-18/h7-14H,15-16H2,1-6H3. The van der Waals surface area contributed by atoms with Gasteiger partial charge in [-0.3, -0.25) is 4.79 Å². The van der Waals surface area contributed by atoms with Crippen molar-refractivity contribution < 1.29 is 22.7 Å². The zero-order valence-electron chi connectivity index (χ0n) is 20.3. The molecular formula is C26H30F3N3O2. The molecule has 0 aliphatic heterocycles.